The van der Waals surface area contributed by atoms with Crippen molar-refractivity contribution in [3.8, 4) is 0 Å². The highest BCUT2D eigenvalue weighted by molar-refractivity contribution is 5.95. The van der Waals surface area contributed by atoms with Crippen LogP contribution in [0.2, 0.25) is 0 Å². The van der Waals surface area contributed by atoms with Gasteiger partial charge in [-0.3, -0.25) is 14.9 Å². The van der Waals surface area contributed by atoms with Crippen LogP contribution >= 0.6 is 0 Å². The summed E-state index contributed by atoms with van der Waals surface area (Å²) in [7, 11) is 0. The topological polar surface area (TPSA) is 84.5 Å². The Balaban J connectivity index is 2.27. The lowest BCUT2D eigenvalue weighted by Gasteiger charge is -2.06. The van der Waals surface area contributed by atoms with Crippen LogP contribution in [0.5, 0.6) is 0 Å². The maximum absolute atomic E-state index is 11.4. The molecule has 1 aromatic carbocycles. The number of amides is 3. The zero-order valence-corrected chi connectivity index (χ0v) is 10.6. The zero-order chi connectivity index (χ0) is 14.1. The summed E-state index contributed by atoms with van der Waals surface area (Å²) >= 11 is 0. The van der Waals surface area contributed by atoms with Crippen LogP contribution in [-0.2, 0) is 20.7 Å². The van der Waals surface area contributed by atoms with Crippen molar-refractivity contribution < 1.29 is 19.1 Å². The minimum atomic E-state index is -0.660. The molecule has 0 aromatic heterocycles. The standard InChI is InChI=1S/C13H16N2O4/c1-2-14-13(18)15-11(16)9-19-12(17)8-10-6-4-3-5-7-10/h3-7H,2,8-9H2,1H3,(H2,14,15,16,18). The summed E-state index contributed by atoms with van der Waals surface area (Å²) < 4.78 is 4.76. The van der Waals surface area contributed by atoms with Crippen LogP contribution in [0.3, 0.4) is 0 Å². The molecule has 0 atom stereocenters. The molecule has 6 nitrogen and oxygen atoms in total. The monoisotopic (exact) mass is 264 g/mol. The van der Waals surface area contributed by atoms with Gasteiger partial charge < -0.3 is 10.1 Å². The van der Waals surface area contributed by atoms with Crippen LogP contribution in [0, 0.1) is 0 Å². The Morgan fingerprint density at radius 2 is 1.84 bits per heavy atom. The Bertz CT molecular complexity index is 445. The minimum absolute atomic E-state index is 0.0925. The minimum Gasteiger partial charge on any atom is -0.455 e. The molecule has 0 heterocycles. The molecule has 0 aliphatic heterocycles. The zero-order valence-electron chi connectivity index (χ0n) is 10.6. The second-order valence-electron chi connectivity index (χ2n) is 3.73. The van der Waals surface area contributed by atoms with Crippen molar-refractivity contribution in [2.45, 2.75) is 13.3 Å². The molecule has 3 amide bonds. The summed E-state index contributed by atoms with van der Waals surface area (Å²) in [4.78, 5) is 33.7. The van der Waals surface area contributed by atoms with Crippen LogP contribution in [0.1, 0.15) is 12.5 Å². The van der Waals surface area contributed by atoms with E-state index in [1.54, 1.807) is 19.1 Å². The highest BCUT2D eigenvalue weighted by atomic mass is 16.5. The number of nitrogens with one attached hydrogen (secondary N) is 2. The fraction of sp³-hybridized carbons (Fsp3) is 0.308. The molecule has 0 aliphatic carbocycles. The second kappa shape index (κ2) is 7.86. The maximum atomic E-state index is 11.4. The van der Waals surface area contributed by atoms with Gasteiger partial charge in [-0.1, -0.05) is 30.3 Å². The number of urea groups is 1. The van der Waals surface area contributed by atoms with Gasteiger partial charge in [0.2, 0.25) is 0 Å². The van der Waals surface area contributed by atoms with Gasteiger partial charge in [0.05, 0.1) is 6.42 Å². The number of carbonyl (C=O) groups is 3. The molecule has 0 bridgehead atoms. The van der Waals surface area contributed by atoms with Crippen molar-refractivity contribution in [1.29, 1.82) is 0 Å². The summed E-state index contributed by atoms with van der Waals surface area (Å²) in [6.45, 7) is 1.67. The largest absolute Gasteiger partial charge is 0.455 e. The SMILES string of the molecule is CCNC(=O)NC(=O)COC(=O)Cc1ccccc1. The van der Waals surface area contributed by atoms with E-state index in [1.165, 1.54) is 0 Å². The summed E-state index contributed by atoms with van der Waals surface area (Å²) in [5, 5.41) is 4.43. The Kier molecular flexibility index (Phi) is 6.08. The van der Waals surface area contributed by atoms with Gasteiger partial charge >= 0.3 is 12.0 Å². The Morgan fingerprint density at radius 1 is 1.16 bits per heavy atom. The van der Waals surface area contributed by atoms with Gasteiger partial charge in [-0.2, -0.15) is 0 Å². The van der Waals surface area contributed by atoms with Crippen LogP contribution in [-0.4, -0.2) is 31.1 Å². The quantitative estimate of drug-likeness (QED) is 0.763. The smallest absolute Gasteiger partial charge is 0.321 e. The van der Waals surface area contributed by atoms with Gasteiger partial charge in [-0.05, 0) is 12.5 Å². The van der Waals surface area contributed by atoms with Crippen LogP contribution in [0.4, 0.5) is 4.79 Å². The molecule has 19 heavy (non-hydrogen) atoms. The van der Waals surface area contributed by atoms with E-state index >= 15 is 0 Å². The molecular weight excluding hydrogens is 248 g/mol. The highest BCUT2D eigenvalue weighted by Crippen LogP contribution is 2.00. The summed E-state index contributed by atoms with van der Waals surface area (Å²) in [6.07, 6.45) is 0.0925. The van der Waals surface area contributed by atoms with E-state index in [9.17, 15) is 14.4 Å². The van der Waals surface area contributed by atoms with E-state index in [0.717, 1.165) is 5.56 Å². The molecule has 102 valence electrons. The first-order chi connectivity index (χ1) is 9.11. The molecule has 0 fully saturated rings. The van der Waals surface area contributed by atoms with Crippen LogP contribution in [0.15, 0.2) is 30.3 Å². The van der Waals surface area contributed by atoms with E-state index < -0.39 is 24.5 Å². The van der Waals surface area contributed by atoms with E-state index in [-0.39, 0.29) is 6.42 Å². The van der Waals surface area contributed by atoms with Crippen molar-refractivity contribution in [2.75, 3.05) is 13.2 Å². The van der Waals surface area contributed by atoms with Crippen molar-refractivity contribution in [1.82, 2.24) is 10.6 Å². The molecule has 0 aliphatic rings. The van der Waals surface area contributed by atoms with Gasteiger partial charge in [0.15, 0.2) is 6.61 Å². The van der Waals surface area contributed by atoms with Crippen molar-refractivity contribution in [3.63, 3.8) is 0 Å². The van der Waals surface area contributed by atoms with E-state index in [4.69, 9.17) is 4.74 Å². The first kappa shape index (κ1) is 14.7. The van der Waals surface area contributed by atoms with Gasteiger partial charge in [0.1, 0.15) is 0 Å². The lowest BCUT2D eigenvalue weighted by molar-refractivity contribution is -0.147. The highest BCUT2D eigenvalue weighted by Gasteiger charge is 2.10. The number of benzene rings is 1. The van der Waals surface area contributed by atoms with Crippen molar-refractivity contribution in [2.24, 2.45) is 0 Å². The third kappa shape index (κ3) is 6.21. The number of imide groups is 1. The molecule has 0 unspecified atom stereocenters. The molecule has 0 radical (unpaired) electrons. The number of hydrogen-bond acceptors (Lipinski definition) is 4. The molecule has 0 saturated heterocycles. The number of hydrogen-bond donors (Lipinski definition) is 2. The van der Waals surface area contributed by atoms with Crippen molar-refractivity contribution in [3.05, 3.63) is 35.9 Å². The van der Waals surface area contributed by atoms with Crippen LogP contribution < -0.4 is 10.6 Å². The molecular formula is C13H16N2O4. The maximum Gasteiger partial charge on any atom is 0.321 e. The number of rotatable bonds is 5. The molecule has 1 rings (SSSR count). The predicted molar refractivity (Wildman–Crippen MR) is 68.3 cm³/mol. The average Bonchev–Trinajstić information content (AvgIpc) is 2.38. The van der Waals surface area contributed by atoms with E-state index in [1.807, 2.05) is 23.5 Å². The summed E-state index contributed by atoms with van der Waals surface area (Å²) in [5.74, 6) is -1.18. The fourth-order valence-electron chi connectivity index (χ4n) is 1.33. The first-order valence-electron chi connectivity index (χ1n) is 5.89. The summed E-state index contributed by atoms with van der Waals surface area (Å²) in [6, 6.07) is 8.43. The molecule has 1 aromatic rings. The fourth-order valence-corrected chi connectivity index (χ4v) is 1.33. The lowest BCUT2D eigenvalue weighted by atomic mass is 10.2. The molecule has 2 N–H and O–H groups in total. The average molecular weight is 264 g/mol. The number of carbonyl (C=O) groups excluding carboxylic acids is 3. The molecule has 0 spiro atoms. The van der Waals surface area contributed by atoms with Crippen LogP contribution in [0.25, 0.3) is 0 Å². The molecule has 6 heteroatoms. The molecule has 0 saturated carbocycles. The Hall–Kier alpha value is -2.37. The number of esters is 1. The normalized spacial score (nSPS) is 9.53. The third-order valence-corrected chi connectivity index (χ3v) is 2.15. The third-order valence-electron chi connectivity index (χ3n) is 2.15. The number of ether oxygens (including phenoxy) is 1. The first-order valence-corrected chi connectivity index (χ1v) is 5.89. The predicted octanol–water partition coefficient (Wildman–Crippen LogP) is 0.618. The van der Waals surface area contributed by atoms with Crippen molar-refractivity contribution >= 4 is 17.9 Å². The van der Waals surface area contributed by atoms with Gasteiger partial charge in [0.25, 0.3) is 5.91 Å². The van der Waals surface area contributed by atoms with Gasteiger partial charge in [-0.25, -0.2) is 4.79 Å². The van der Waals surface area contributed by atoms with E-state index in [0.29, 0.717) is 6.54 Å². The van der Waals surface area contributed by atoms with Gasteiger partial charge in [-0.15, -0.1) is 0 Å². The van der Waals surface area contributed by atoms with E-state index in [2.05, 4.69) is 5.32 Å². The van der Waals surface area contributed by atoms with Gasteiger partial charge in [0, 0.05) is 6.54 Å². The summed E-state index contributed by atoms with van der Waals surface area (Å²) in [5.41, 5.74) is 0.802. The lowest BCUT2D eigenvalue weighted by Crippen LogP contribution is -2.41. The second-order valence-corrected chi connectivity index (χ2v) is 3.73. The Labute approximate surface area is 111 Å². The Morgan fingerprint density at radius 3 is 2.47 bits per heavy atom.